The van der Waals surface area contributed by atoms with Crippen LogP contribution in [-0.2, 0) is 30.4 Å². The monoisotopic (exact) mass is 446 g/mol. The minimum atomic E-state index is -1.29. The Balaban J connectivity index is 1.62. The number of rotatable bonds is 17. The zero-order valence-electron chi connectivity index (χ0n) is 20.1. The lowest BCUT2D eigenvalue weighted by molar-refractivity contribution is -0.231. The smallest absolute Gasteiger partial charge is 0.312 e. The normalized spacial score (nSPS) is 20.3. The molecule has 0 aromatic heterocycles. The Bertz CT molecular complexity index is 659. The number of unbranched alkanes of at least 4 members (excludes halogenated alkanes) is 10. The number of cyclic esters (lactones) is 1. The van der Waals surface area contributed by atoms with Crippen LogP contribution in [-0.4, -0.2) is 24.3 Å². The van der Waals surface area contributed by atoms with Crippen LogP contribution in [0.2, 0.25) is 0 Å². The van der Waals surface area contributed by atoms with Gasteiger partial charge in [0.1, 0.15) is 6.61 Å². The highest BCUT2D eigenvalue weighted by Crippen LogP contribution is 2.33. The van der Waals surface area contributed by atoms with Crippen molar-refractivity contribution in [2.45, 2.75) is 110 Å². The molecule has 0 spiro atoms. The second-order valence-electron chi connectivity index (χ2n) is 9.17. The van der Waals surface area contributed by atoms with E-state index < -0.39 is 5.79 Å². The van der Waals surface area contributed by atoms with Gasteiger partial charge >= 0.3 is 11.9 Å². The van der Waals surface area contributed by atoms with Crippen LogP contribution >= 0.6 is 0 Å². The van der Waals surface area contributed by atoms with Crippen LogP contribution < -0.4 is 0 Å². The maximum Gasteiger partial charge on any atom is 0.312 e. The lowest BCUT2D eigenvalue weighted by atomic mass is 10.0. The first-order chi connectivity index (χ1) is 15.5. The first-order valence-electron chi connectivity index (χ1n) is 12.6. The molecule has 1 aliphatic rings. The summed E-state index contributed by atoms with van der Waals surface area (Å²) in [6.45, 7) is 4.47. The highest BCUT2D eigenvalue weighted by atomic mass is 16.8. The highest BCUT2D eigenvalue weighted by Gasteiger charge is 2.48. The van der Waals surface area contributed by atoms with Crippen molar-refractivity contribution in [3.05, 3.63) is 35.9 Å². The van der Waals surface area contributed by atoms with E-state index in [1.165, 1.54) is 51.4 Å². The van der Waals surface area contributed by atoms with Crippen LogP contribution in [0, 0.1) is 5.92 Å². The number of carbonyl (C=O) groups is 2. The summed E-state index contributed by atoms with van der Waals surface area (Å²) in [5.41, 5.74) is 1.02. The van der Waals surface area contributed by atoms with Gasteiger partial charge in [0.2, 0.25) is 0 Å². The number of hydrogen-bond acceptors (Lipinski definition) is 5. The number of esters is 2. The second kappa shape index (κ2) is 15.0. The summed E-state index contributed by atoms with van der Waals surface area (Å²) >= 11 is 0. The summed E-state index contributed by atoms with van der Waals surface area (Å²) in [7, 11) is 0. The number of hydrogen-bond donors (Lipinski definition) is 0. The molecule has 1 aliphatic heterocycles. The van der Waals surface area contributed by atoms with Gasteiger partial charge < -0.3 is 14.2 Å². The molecule has 1 heterocycles. The fourth-order valence-electron chi connectivity index (χ4n) is 4.15. The first-order valence-corrected chi connectivity index (χ1v) is 12.6. The van der Waals surface area contributed by atoms with Gasteiger partial charge in [-0.15, -0.1) is 0 Å². The maximum absolute atomic E-state index is 12.4. The molecule has 0 radical (unpaired) electrons. The van der Waals surface area contributed by atoms with E-state index in [2.05, 4.69) is 6.92 Å². The molecule has 1 aromatic rings. The van der Waals surface area contributed by atoms with Gasteiger partial charge in [-0.1, -0.05) is 108 Å². The number of ether oxygens (including phenoxy) is 3. The summed E-state index contributed by atoms with van der Waals surface area (Å²) in [5.74, 6) is -2.24. The molecule has 0 bridgehead atoms. The molecule has 180 valence electrons. The molecule has 1 aromatic carbocycles. The summed E-state index contributed by atoms with van der Waals surface area (Å²) in [6, 6.07) is 9.77. The number of carbonyl (C=O) groups excluding carboxylic acids is 2. The van der Waals surface area contributed by atoms with Gasteiger partial charge in [-0.2, -0.15) is 0 Å². The summed E-state index contributed by atoms with van der Waals surface area (Å²) in [6.07, 6.45) is 14.2. The van der Waals surface area contributed by atoms with Gasteiger partial charge in [0, 0.05) is 12.8 Å². The van der Waals surface area contributed by atoms with E-state index in [1.54, 1.807) is 6.92 Å². The third kappa shape index (κ3) is 10.2. The predicted molar refractivity (Wildman–Crippen MR) is 126 cm³/mol. The average Bonchev–Trinajstić information content (AvgIpc) is 3.05. The van der Waals surface area contributed by atoms with Crippen molar-refractivity contribution >= 4 is 11.9 Å². The molecule has 2 unspecified atom stereocenters. The van der Waals surface area contributed by atoms with Gasteiger partial charge in [0.25, 0.3) is 5.79 Å². The molecular formula is C27H42O5. The third-order valence-corrected chi connectivity index (χ3v) is 6.02. The van der Waals surface area contributed by atoms with E-state index in [9.17, 15) is 9.59 Å². The van der Waals surface area contributed by atoms with Crippen molar-refractivity contribution in [3.63, 3.8) is 0 Å². The topological polar surface area (TPSA) is 61.8 Å². The number of benzene rings is 1. The van der Waals surface area contributed by atoms with Crippen LogP contribution in [0.5, 0.6) is 0 Å². The third-order valence-electron chi connectivity index (χ3n) is 6.02. The Kier molecular flexibility index (Phi) is 12.4. The van der Waals surface area contributed by atoms with Gasteiger partial charge in [-0.3, -0.25) is 9.59 Å². The highest BCUT2D eigenvalue weighted by molar-refractivity contribution is 5.76. The van der Waals surface area contributed by atoms with Crippen LogP contribution in [0.1, 0.15) is 103 Å². The van der Waals surface area contributed by atoms with Crippen LogP contribution in [0.3, 0.4) is 0 Å². The average molecular weight is 447 g/mol. The van der Waals surface area contributed by atoms with Gasteiger partial charge in [0.05, 0.1) is 12.5 Å². The van der Waals surface area contributed by atoms with Crippen molar-refractivity contribution in [2.24, 2.45) is 5.92 Å². The minimum absolute atomic E-state index is 0.0575. The summed E-state index contributed by atoms with van der Waals surface area (Å²) < 4.78 is 16.9. The van der Waals surface area contributed by atoms with Gasteiger partial charge in [0.15, 0.2) is 0 Å². The lowest BCUT2D eigenvalue weighted by Gasteiger charge is -2.27. The molecule has 1 saturated heterocycles. The standard InChI is InChI=1S/C27H42O5/c1-3-4-5-6-7-8-9-10-11-12-16-19-25(28)31-27(20-23(2)26(29)32-27)22-30-21-24-17-14-13-15-18-24/h13-15,17-18,23H,3-12,16,19-22H2,1-2H3. The molecule has 0 aliphatic carbocycles. The van der Waals surface area contributed by atoms with Crippen LogP contribution in [0.25, 0.3) is 0 Å². The van der Waals surface area contributed by atoms with E-state index >= 15 is 0 Å². The van der Waals surface area contributed by atoms with Gasteiger partial charge in [-0.25, -0.2) is 0 Å². The van der Waals surface area contributed by atoms with Crippen LogP contribution in [0.15, 0.2) is 30.3 Å². The molecule has 2 atom stereocenters. The minimum Gasteiger partial charge on any atom is -0.420 e. The predicted octanol–water partition coefficient (Wildman–Crippen LogP) is 6.73. The Hall–Kier alpha value is -1.88. The molecular weight excluding hydrogens is 404 g/mol. The van der Waals surface area contributed by atoms with Crippen molar-refractivity contribution in [1.29, 1.82) is 0 Å². The van der Waals surface area contributed by atoms with Crippen molar-refractivity contribution in [3.8, 4) is 0 Å². The van der Waals surface area contributed by atoms with E-state index in [-0.39, 0.29) is 24.5 Å². The Morgan fingerprint density at radius 1 is 0.969 bits per heavy atom. The van der Waals surface area contributed by atoms with E-state index in [0.29, 0.717) is 19.4 Å². The molecule has 2 rings (SSSR count). The maximum atomic E-state index is 12.4. The summed E-state index contributed by atoms with van der Waals surface area (Å²) in [4.78, 5) is 24.4. The quantitative estimate of drug-likeness (QED) is 0.196. The fourth-order valence-corrected chi connectivity index (χ4v) is 4.15. The fraction of sp³-hybridized carbons (Fsp3) is 0.704. The van der Waals surface area contributed by atoms with Crippen molar-refractivity contribution in [2.75, 3.05) is 6.61 Å². The van der Waals surface area contributed by atoms with Crippen molar-refractivity contribution in [1.82, 2.24) is 0 Å². The SMILES string of the molecule is CCCCCCCCCCCCCC(=O)OC1(COCc2ccccc2)CC(C)C(=O)O1. The Morgan fingerprint density at radius 3 is 2.12 bits per heavy atom. The lowest BCUT2D eigenvalue weighted by Crippen LogP contribution is -2.39. The van der Waals surface area contributed by atoms with E-state index in [4.69, 9.17) is 14.2 Å². The zero-order valence-corrected chi connectivity index (χ0v) is 20.1. The molecule has 32 heavy (non-hydrogen) atoms. The molecule has 5 nitrogen and oxygen atoms in total. The molecule has 5 heteroatoms. The largest absolute Gasteiger partial charge is 0.420 e. The second-order valence-corrected chi connectivity index (χ2v) is 9.17. The molecule has 1 fully saturated rings. The Labute approximate surface area is 194 Å². The van der Waals surface area contributed by atoms with Gasteiger partial charge in [-0.05, 0) is 12.0 Å². The Morgan fingerprint density at radius 2 is 1.56 bits per heavy atom. The molecule has 0 saturated carbocycles. The van der Waals surface area contributed by atoms with E-state index in [1.807, 2.05) is 30.3 Å². The van der Waals surface area contributed by atoms with E-state index in [0.717, 1.165) is 24.8 Å². The van der Waals surface area contributed by atoms with Crippen LogP contribution in [0.4, 0.5) is 0 Å². The molecule has 0 amide bonds. The van der Waals surface area contributed by atoms with Crippen molar-refractivity contribution < 1.29 is 23.8 Å². The first kappa shape index (κ1) is 26.4. The summed E-state index contributed by atoms with van der Waals surface area (Å²) in [5, 5.41) is 0. The molecule has 0 N–H and O–H groups in total. The zero-order chi connectivity index (χ0) is 23.1.